The summed E-state index contributed by atoms with van der Waals surface area (Å²) in [6, 6.07) is 49.1. The van der Waals surface area contributed by atoms with Gasteiger partial charge in [-0.1, -0.05) is 32.5 Å². The number of hydrogen-bond donors (Lipinski definition) is 6. The van der Waals surface area contributed by atoms with Gasteiger partial charge in [0.1, 0.15) is 34.5 Å². The van der Waals surface area contributed by atoms with Gasteiger partial charge < -0.3 is 55.4 Å². The maximum Gasteiger partial charge on any atom is 0.346 e. The Morgan fingerprint density at radius 1 is 0.412 bits per heavy atom. The molecular formula is C72H58N6O19. The molecule has 490 valence electrons. The number of nitrogens with two attached hydrogens (primary N) is 2. The molecule has 25 heteroatoms. The molecule has 0 aliphatic heterocycles. The van der Waals surface area contributed by atoms with Gasteiger partial charge in [0.2, 0.25) is 0 Å². The SMILES string of the molecule is C.C.CNc1ccc(Oc2ccc(NC(=O)c3cc(C(C)=O)c(C(=O)O)cc3C(=O)O)cc2)cc1.Cc1ccc(Oc2ccc(-n3c(=O)c4cc5c(=O)n(C)c(=O)c5cc4c3=O)cc2)cc1.Nc1ccc(Oc2ccc(N)cc2)cc1.O=c1oc(=O)c2cc3c(=O)oc(=O)c3cc12. The van der Waals surface area contributed by atoms with Gasteiger partial charge in [0.15, 0.2) is 5.78 Å². The van der Waals surface area contributed by atoms with Gasteiger partial charge in [0, 0.05) is 42.4 Å². The van der Waals surface area contributed by atoms with Crippen molar-refractivity contribution in [3.8, 4) is 40.2 Å². The summed E-state index contributed by atoms with van der Waals surface area (Å²) in [6.07, 6.45) is 0. The number of amides is 1. The molecule has 13 rings (SSSR count). The number of aryl methyl sites for hydroxylation is 1. The molecule has 8 N–H and O–H groups in total. The fourth-order valence-corrected chi connectivity index (χ4v) is 9.67. The molecule has 0 unspecified atom stereocenters. The highest BCUT2D eigenvalue weighted by molar-refractivity contribution is 6.15. The van der Waals surface area contributed by atoms with Crippen molar-refractivity contribution in [3.05, 3.63) is 293 Å². The van der Waals surface area contributed by atoms with Crippen LogP contribution in [0.25, 0.3) is 48.8 Å². The number of carboxylic acid groups (broad SMARTS) is 2. The molecule has 0 atom stereocenters. The van der Waals surface area contributed by atoms with Crippen LogP contribution in [0.3, 0.4) is 0 Å². The molecule has 0 aliphatic rings. The number of rotatable bonds is 13. The Balaban J connectivity index is 0.000000173. The molecule has 9 aromatic carbocycles. The normalized spacial score (nSPS) is 10.6. The molecule has 0 bridgehead atoms. The molecule has 25 nitrogen and oxygen atoms in total. The number of carbonyl (C=O) groups excluding carboxylic acids is 2. The van der Waals surface area contributed by atoms with E-state index in [9.17, 15) is 67.7 Å². The van der Waals surface area contributed by atoms with E-state index in [1.165, 1.54) is 19.2 Å². The number of carbonyl (C=O) groups is 4. The summed E-state index contributed by atoms with van der Waals surface area (Å²) in [5, 5.41) is 24.7. The van der Waals surface area contributed by atoms with E-state index >= 15 is 0 Å². The number of Topliss-reactive ketones (excluding diaryl/α,β-unsaturated/α-hetero) is 1. The highest BCUT2D eigenvalue weighted by Crippen LogP contribution is 2.28. The maximum absolute atomic E-state index is 12.9. The van der Waals surface area contributed by atoms with E-state index in [0.29, 0.717) is 34.4 Å². The Bertz CT molecular complexity index is 5340. The minimum Gasteiger partial charge on any atom is -0.478 e. The number of ketones is 1. The van der Waals surface area contributed by atoms with E-state index in [1.54, 1.807) is 84.9 Å². The summed E-state index contributed by atoms with van der Waals surface area (Å²) in [5.74, 6) is -0.492. The van der Waals surface area contributed by atoms with Crippen molar-refractivity contribution >= 4 is 89.5 Å². The number of hydrogen-bond acceptors (Lipinski definition) is 20. The van der Waals surface area contributed by atoms with Crippen molar-refractivity contribution in [1.82, 2.24) is 9.13 Å². The minimum atomic E-state index is -1.49. The smallest absolute Gasteiger partial charge is 0.346 e. The maximum atomic E-state index is 12.9. The zero-order valence-electron chi connectivity index (χ0n) is 50.2. The summed E-state index contributed by atoms with van der Waals surface area (Å²) >= 11 is 0. The Labute approximate surface area is 546 Å². The van der Waals surface area contributed by atoms with E-state index in [2.05, 4.69) is 19.5 Å². The van der Waals surface area contributed by atoms with Crippen LogP contribution in [-0.4, -0.2) is 50.0 Å². The summed E-state index contributed by atoms with van der Waals surface area (Å²) in [5.41, 5.74) is 8.41. The van der Waals surface area contributed by atoms with Crippen LogP contribution in [0, 0.1) is 6.92 Å². The molecule has 0 saturated carbocycles. The van der Waals surface area contributed by atoms with E-state index in [0.717, 1.165) is 74.4 Å². The second-order valence-electron chi connectivity index (χ2n) is 21.0. The third kappa shape index (κ3) is 15.0. The molecule has 4 aromatic heterocycles. The first-order chi connectivity index (χ1) is 45.3. The number of furan rings is 2. The molecule has 0 aliphatic carbocycles. The number of nitrogens with zero attached hydrogens (tertiary/aromatic N) is 2. The number of aromatic nitrogens is 2. The zero-order valence-corrected chi connectivity index (χ0v) is 50.2. The molecule has 1 amide bonds. The predicted octanol–water partition coefficient (Wildman–Crippen LogP) is 10.3. The monoisotopic (exact) mass is 1310 g/mol. The van der Waals surface area contributed by atoms with Gasteiger partial charge >= 0.3 is 34.4 Å². The number of nitrogens with one attached hydrogen (secondary N) is 2. The van der Waals surface area contributed by atoms with Gasteiger partial charge in [-0.05, 0) is 184 Å². The summed E-state index contributed by atoms with van der Waals surface area (Å²) in [6.45, 7) is 3.12. The lowest BCUT2D eigenvalue weighted by atomic mass is 9.95. The first kappa shape index (κ1) is 69.3. The number of nitrogen functional groups attached to an aromatic ring is 2. The van der Waals surface area contributed by atoms with Gasteiger partial charge in [-0.2, -0.15) is 0 Å². The van der Waals surface area contributed by atoms with Gasteiger partial charge in [-0.15, -0.1) is 0 Å². The van der Waals surface area contributed by atoms with Crippen LogP contribution < -0.4 is 81.1 Å². The molecule has 97 heavy (non-hydrogen) atoms. The molecular weight excluding hydrogens is 1250 g/mol. The zero-order chi connectivity index (χ0) is 68.1. The van der Waals surface area contributed by atoms with Gasteiger partial charge in [0.25, 0.3) is 28.1 Å². The van der Waals surface area contributed by atoms with Crippen LogP contribution in [0.5, 0.6) is 34.5 Å². The molecule has 0 spiro atoms. The molecule has 0 saturated heterocycles. The number of ether oxygens (including phenoxy) is 3. The van der Waals surface area contributed by atoms with Crippen LogP contribution in [0.15, 0.2) is 229 Å². The summed E-state index contributed by atoms with van der Waals surface area (Å²) < 4.78 is 27.8. The van der Waals surface area contributed by atoms with Crippen LogP contribution in [0.1, 0.15) is 68.8 Å². The molecule has 0 radical (unpaired) electrons. The molecule has 13 aromatic rings. The Morgan fingerprint density at radius 2 is 0.722 bits per heavy atom. The second-order valence-corrected chi connectivity index (χ2v) is 21.0. The second kappa shape index (κ2) is 28.9. The van der Waals surface area contributed by atoms with Crippen molar-refractivity contribution in [2.24, 2.45) is 7.05 Å². The van der Waals surface area contributed by atoms with Crippen molar-refractivity contribution < 1.29 is 52.4 Å². The third-order valence-electron chi connectivity index (χ3n) is 14.6. The highest BCUT2D eigenvalue weighted by Gasteiger charge is 2.25. The molecule has 4 heterocycles. The van der Waals surface area contributed by atoms with E-state index in [-0.39, 0.29) is 69.1 Å². The van der Waals surface area contributed by atoms with Crippen LogP contribution in [0.4, 0.5) is 22.7 Å². The van der Waals surface area contributed by atoms with E-state index in [1.807, 2.05) is 74.6 Å². The third-order valence-corrected chi connectivity index (χ3v) is 14.6. The quantitative estimate of drug-likeness (QED) is 0.0461. The summed E-state index contributed by atoms with van der Waals surface area (Å²) in [7, 11) is 3.18. The average Bonchev–Trinajstić information content (AvgIpc) is 1.59. The van der Waals surface area contributed by atoms with Crippen LogP contribution >= 0.6 is 0 Å². The lowest BCUT2D eigenvalue weighted by Crippen LogP contribution is -2.23. The van der Waals surface area contributed by atoms with Crippen molar-refractivity contribution in [2.45, 2.75) is 28.7 Å². The lowest BCUT2D eigenvalue weighted by molar-refractivity contribution is 0.0689. The van der Waals surface area contributed by atoms with Gasteiger partial charge in [-0.3, -0.25) is 33.3 Å². The van der Waals surface area contributed by atoms with Gasteiger partial charge in [-0.25, -0.2) is 33.3 Å². The largest absolute Gasteiger partial charge is 0.478 e. The number of carboxylic acids is 2. The fourth-order valence-electron chi connectivity index (χ4n) is 9.67. The van der Waals surface area contributed by atoms with Gasteiger partial charge in [0.05, 0.1) is 65.5 Å². The number of fused-ring (bicyclic) bond motifs is 4. The van der Waals surface area contributed by atoms with Crippen LogP contribution in [0.2, 0.25) is 0 Å². The number of anilines is 4. The average molecular weight is 1310 g/mol. The molecule has 0 fully saturated rings. The lowest BCUT2D eigenvalue weighted by Gasteiger charge is -2.12. The van der Waals surface area contributed by atoms with Crippen LogP contribution in [-0.2, 0) is 7.05 Å². The first-order valence-electron chi connectivity index (χ1n) is 28.2. The first-order valence-corrected chi connectivity index (χ1v) is 28.2. The Hall–Kier alpha value is -13.6. The highest BCUT2D eigenvalue weighted by atomic mass is 16.5. The van der Waals surface area contributed by atoms with E-state index in [4.69, 9.17) is 25.7 Å². The summed E-state index contributed by atoms with van der Waals surface area (Å²) in [4.78, 5) is 143. The van der Waals surface area contributed by atoms with Crippen molar-refractivity contribution in [1.29, 1.82) is 0 Å². The number of aromatic carboxylic acids is 2. The Morgan fingerprint density at radius 3 is 1.08 bits per heavy atom. The van der Waals surface area contributed by atoms with Crippen molar-refractivity contribution in [3.63, 3.8) is 0 Å². The van der Waals surface area contributed by atoms with E-state index < -0.39 is 79.5 Å². The van der Waals surface area contributed by atoms with Crippen molar-refractivity contribution in [2.75, 3.05) is 29.1 Å². The minimum absolute atomic E-state index is 0. The Kier molecular flexibility index (Phi) is 20.7. The fraction of sp³-hybridized carbons (Fsp3) is 0.0833. The standard InChI is InChI=1S/C24H20N2O7.C24H16N2O5.C12H12N2O.C10H2O6.2CH4/c1-13(27)18-11-19(21(24(31)32)12-20(18)23(29)30)22(28)26-15-5-9-17(10-6-15)33-16-7-3-14(25-2)4-8-16;1-13-3-7-15(8-4-13)31-16-9-5-14(6-10-16)26-23(29)19-11-17-18(12-20(19)24(26)30)22(28)25(2)21(17)27;13-9-1-5-11(6-2-9)15-12-7-3-10(14)4-8-12;11-7-3-1-4-6(10(14)16-8(4)12)2-5(3)9(13)15-7;;/h3-12,25H,1-2H3,(H,26,28)(H,29,30)(H,31,32);3-12H,1-2H3;1-8H,13-14H2;1-2H;2*1H4. The topological polar surface area (TPSA) is 385 Å². The predicted molar refractivity (Wildman–Crippen MR) is 368 cm³/mol. The number of benzene rings is 9.